The molecule has 2 aliphatic rings. The highest BCUT2D eigenvalue weighted by Gasteiger charge is 2.36. The molecule has 1 aliphatic heterocycles. The van der Waals surface area contributed by atoms with Crippen molar-refractivity contribution in [1.82, 2.24) is 4.90 Å². The summed E-state index contributed by atoms with van der Waals surface area (Å²) in [5.41, 5.74) is 6.38. The van der Waals surface area contributed by atoms with Crippen LogP contribution in [-0.4, -0.2) is 29.4 Å². The number of hydrogen-bond acceptors (Lipinski definition) is 2. The van der Waals surface area contributed by atoms with Crippen LogP contribution >= 0.6 is 0 Å². The molecule has 0 bridgehead atoms. The van der Waals surface area contributed by atoms with Crippen molar-refractivity contribution >= 4 is 5.91 Å². The van der Waals surface area contributed by atoms with Crippen LogP contribution in [0, 0.1) is 17.3 Å². The van der Waals surface area contributed by atoms with E-state index < -0.39 is 0 Å². The Morgan fingerprint density at radius 2 is 1.70 bits per heavy atom. The third-order valence-corrected chi connectivity index (χ3v) is 5.50. The molecule has 2 unspecified atom stereocenters. The highest BCUT2D eigenvalue weighted by molar-refractivity contribution is 5.79. The molecule has 1 heterocycles. The second-order valence-corrected chi connectivity index (χ2v) is 8.08. The predicted octanol–water partition coefficient (Wildman–Crippen LogP) is 3.18. The minimum atomic E-state index is 0.269. The normalized spacial score (nSPS) is 36.0. The Bertz CT molecular complexity index is 339. The Morgan fingerprint density at radius 3 is 2.20 bits per heavy atom. The Morgan fingerprint density at radius 1 is 1.10 bits per heavy atom. The third kappa shape index (κ3) is 3.55. The Balaban J connectivity index is 1.89. The molecule has 1 aliphatic carbocycles. The predicted molar refractivity (Wildman–Crippen MR) is 83.3 cm³/mol. The van der Waals surface area contributed by atoms with Crippen molar-refractivity contribution in [3.8, 4) is 0 Å². The van der Waals surface area contributed by atoms with E-state index in [1.165, 1.54) is 12.8 Å². The lowest BCUT2D eigenvalue weighted by Crippen LogP contribution is -2.50. The van der Waals surface area contributed by atoms with E-state index in [2.05, 4.69) is 32.6 Å². The summed E-state index contributed by atoms with van der Waals surface area (Å²) in [6.07, 6.45) is 6.51. The average molecular weight is 280 g/mol. The zero-order valence-electron chi connectivity index (χ0n) is 13.7. The first-order valence-corrected chi connectivity index (χ1v) is 8.35. The van der Waals surface area contributed by atoms with Crippen molar-refractivity contribution in [3.63, 3.8) is 0 Å². The van der Waals surface area contributed by atoms with Gasteiger partial charge in [-0.3, -0.25) is 4.79 Å². The molecular formula is C17H32N2O. The van der Waals surface area contributed by atoms with Crippen LogP contribution in [0.3, 0.4) is 0 Å². The first kappa shape index (κ1) is 15.8. The van der Waals surface area contributed by atoms with E-state index in [0.29, 0.717) is 17.4 Å². The third-order valence-electron chi connectivity index (χ3n) is 5.50. The first-order chi connectivity index (χ1) is 9.29. The molecule has 2 rings (SSSR count). The van der Waals surface area contributed by atoms with Gasteiger partial charge in [0.05, 0.1) is 0 Å². The summed E-state index contributed by atoms with van der Waals surface area (Å²) in [5.74, 6) is 1.45. The number of nitrogens with zero attached hydrogens (tertiary/aromatic N) is 1. The summed E-state index contributed by atoms with van der Waals surface area (Å²) in [7, 11) is 0. The van der Waals surface area contributed by atoms with Crippen LogP contribution in [0.25, 0.3) is 0 Å². The summed E-state index contributed by atoms with van der Waals surface area (Å²) in [5, 5.41) is 0. The number of likely N-dealkylation sites (tertiary alicyclic amines) is 1. The topological polar surface area (TPSA) is 46.3 Å². The van der Waals surface area contributed by atoms with Gasteiger partial charge in [-0.25, -0.2) is 0 Å². The molecule has 20 heavy (non-hydrogen) atoms. The van der Waals surface area contributed by atoms with Gasteiger partial charge in [0.15, 0.2) is 0 Å². The van der Waals surface area contributed by atoms with Gasteiger partial charge in [0.1, 0.15) is 0 Å². The van der Waals surface area contributed by atoms with E-state index in [1.807, 2.05) is 0 Å². The van der Waals surface area contributed by atoms with Crippen molar-refractivity contribution < 1.29 is 4.79 Å². The van der Waals surface area contributed by atoms with Crippen molar-refractivity contribution in [2.24, 2.45) is 23.0 Å². The van der Waals surface area contributed by atoms with Crippen molar-refractivity contribution in [2.75, 3.05) is 6.54 Å². The van der Waals surface area contributed by atoms with E-state index in [9.17, 15) is 4.79 Å². The second kappa shape index (κ2) is 6.05. The highest BCUT2D eigenvalue weighted by Crippen LogP contribution is 2.40. The molecule has 2 fully saturated rings. The maximum Gasteiger partial charge on any atom is 0.225 e. The number of hydrogen-bond donors (Lipinski definition) is 1. The Kier molecular flexibility index (Phi) is 4.78. The molecule has 3 heteroatoms. The van der Waals surface area contributed by atoms with Crippen molar-refractivity contribution in [3.05, 3.63) is 0 Å². The van der Waals surface area contributed by atoms with Crippen LogP contribution in [0.2, 0.25) is 0 Å². The fourth-order valence-electron chi connectivity index (χ4n) is 3.98. The molecule has 0 aromatic rings. The zero-order valence-corrected chi connectivity index (χ0v) is 13.7. The largest absolute Gasteiger partial charge is 0.340 e. The lowest BCUT2D eigenvalue weighted by atomic mass is 9.69. The second-order valence-electron chi connectivity index (χ2n) is 8.08. The summed E-state index contributed by atoms with van der Waals surface area (Å²) in [4.78, 5) is 14.8. The van der Waals surface area contributed by atoms with Crippen LogP contribution < -0.4 is 5.73 Å². The number of amides is 1. The molecule has 116 valence electrons. The van der Waals surface area contributed by atoms with E-state index in [1.54, 1.807) is 0 Å². The SMILES string of the molecule is CC1CC(N)CCN1C(=O)C1CCC(C(C)(C)C)CC1. The zero-order chi connectivity index (χ0) is 14.9. The van der Waals surface area contributed by atoms with Crippen LogP contribution in [0.5, 0.6) is 0 Å². The van der Waals surface area contributed by atoms with Gasteiger partial charge in [-0.05, 0) is 56.8 Å². The Hall–Kier alpha value is -0.570. The van der Waals surface area contributed by atoms with Gasteiger partial charge in [-0.15, -0.1) is 0 Å². The molecule has 0 radical (unpaired) electrons. The summed E-state index contributed by atoms with van der Waals surface area (Å²) in [6.45, 7) is 9.99. The minimum Gasteiger partial charge on any atom is -0.340 e. The molecule has 1 saturated heterocycles. The lowest BCUT2D eigenvalue weighted by molar-refractivity contribution is -0.140. The summed E-state index contributed by atoms with van der Waals surface area (Å²) < 4.78 is 0. The first-order valence-electron chi connectivity index (χ1n) is 8.35. The van der Waals surface area contributed by atoms with E-state index in [4.69, 9.17) is 5.73 Å². The van der Waals surface area contributed by atoms with Gasteiger partial charge in [0.25, 0.3) is 0 Å². The highest BCUT2D eigenvalue weighted by atomic mass is 16.2. The quantitative estimate of drug-likeness (QED) is 0.802. The molecule has 0 spiro atoms. The van der Waals surface area contributed by atoms with Gasteiger partial charge < -0.3 is 10.6 Å². The van der Waals surface area contributed by atoms with Gasteiger partial charge >= 0.3 is 0 Å². The lowest BCUT2D eigenvalue weighted by Gasteiger charge is -2.41. The number of piperidine rings is 1. The number of carbonyl (C=O) groups excluding carboxylic acids is 1. The maximum atomic E-state index is 12.7. The summed E-state index contributed by atoms with van der Waals surface area (Å²) >= 11 is 0. The van der Waals surface area contributed by atoms with Crippen LogP contribution in [-0.2, 0) is 4.79 Å². The van der Waals surface area contributed by atoms with Gasteiger partial charge in [0, 0.05) is 24.5 Å². The minimum absolute atomic E-state index is 0.269. The van der Waals surface area contributed by atoms with E-state index in [-0.39, 0.29) is 12.0 Å². The Labute approximate surface area is 124 Å². The fourth-order valence-corrected chi connectivity index (χ4v) is 3.98. The molecule has 1 amide bonds. The average Bonchev–Trinajstić information content (AvgIpc) is 2.37. The van der Waals surface area contributed by atoms with Gasteiger partial charge in [0.2, 0.25) is 5.91 Å². The monoisotopic (exact) mass is 280 g/mol. The van der Waals surface area contributed by atoms with Crippen molar-refractivity contribution in [2.45, 2.75) is 78.3 Å². The fraction of sp³-hybridized carbons (Fsp3) is 0.941. The van der Waals surface area contributed by atoms with E-state index >= 15 is 0 Å². The maximum absolute atomic E-state index is 12.7. The van der Waals surface area contributed by atoms with Gasteiger partial charge in [-0.1, -0.05) is 20.8 Å². The van der Waals surface area contributed by atoms with Gasteiger partial charge in [-0.2, -0.15) is 0 Å². The molecular weight excluding hydrogens is 248 g/mol. The van der Waals surface area contributed by atoms with Crippen LogP contribution in [0.15, 0.2) is 0 Å². The molecule has 2 atom stereocenters. The standard InChI is InChI=1S/C17H32N2O/c1-12-11-15(18)9-10-19(12)16(20)13-5-7-14(8-6-13)17(2,3)4/h12-15H,5-11,18H2,1-4H3. The number of nitrogens with two attached hydrogens (primary N) is 1. The molecule has 3 nitrogen and oxygen atoms in total. The van der Waals surface area contributed by atoms with Crippen molar-refractivity contribution in [1.29, 1.82) is 0 Å². The number of rotatable bonds is 1. The van der Waals surface area contributed by atoms with Crippen LogP contribution in [0.1, 0.15) is 66.2 Å². The number of carbonyl (C=O) groups is 1. The molecule has 2 N–H and O–H groups in total. The van der Waals surface area contributed by atoms with Crippen LogP contribution in [0.4, 0.5) is 0 Å². The smallest absolute Gasteiger partial charge is 0.225 e. The molecule has 0 aromatic carbocycles. The molecule has 1 saturated carbocycles. The van der Waals surface area contributed by atoms with E-state index in [0.717, 1.165) is 38.1 Å². The molecule has 0 aromatic heterocycles. The summed E-state index contributed by atoms with van der Waals surface area (Å²) in [6, 6.07) is 0.609.